The van der Waals surface area contributed by atoms with Gasteiger partial charge in [0.2, 0.25) is 0 Å². The summed E-state index contributed by atoms with van der Waals surface area (Å²) in [7, 11) is -17.9. The molecule has 104 valence electrons. The molecule has 0 aromatic rings. The summed E-state index contributed by atoms with van der Waals surface area (Å²) in [4.78, 5) is 52.8. The highest BCUT2D eigenvalue weighted by Crippen LogP contribution is 2.84. The van der Waals surface area contributed by atoms with Gasteiger partial charge >= 0.3 is 22.8 Å². The lowest BCUT2D eigenvalue weighted by Gasteiger charge is -2.35. The Kier molecular flexibility index (Phi) is 4.91. The molecule has 17 heavy (non-hydrogen) atoms. The predicted octanol–water partition coefficient (Wildman–Crippen LogP) is -2.16. The van der Waals surface area contributed by atoms with Crippen molar-refractivity contribution in [3.05, 3.63) is 0 Å². The number of hydrogen-bond acceptors (Lipinski definition) is 5. The maximum atomic E-state index is 11.0. The summed E-state index contributed by atoms with van der Waals surface area (Å²) in [5.74, 6) is 0. The Hall–Kier alpha value is 0.370. The van der Waals surface area contributed by atoms with Crippen molar-refractivity contribution in [2.45, 2.75) is 17.3 Å². The van der Waals surface area contributed by atoms with E-state index in [0.29, 0.717) is 0 Å². The molecule has 0 saturated heterocycles. The zero-order valence-corrected chi connectivity index (χ0v) is 10.7. The first kappa shape index (κ1) is 17.4. The molecule has 0 aliphatic rings. The van der Waals surface area contributed by atoms with E-state index < -0.39 is 40.1 Å². The average molecular weight is 315 g/mol. The summed E-state index contributed by atoms with van der Waals surface area (Å²) in [6.07, 6.45) is -3.89. The molecule has 11 nitrogen and oxygen atoms in total. The van der Waals surface area contributed by atoms with Crippen LogP contribution in [0.3, 0.4) is 0 Å². The van der Waals surface area contributed by atoms with E-state index in [1.165, 1.54) is 0 Å². The molecular weight excluding hydrogens is 303 g/mol. The zero-order chi connectivity index (χ0) is 14.3. The summed E-state index contributed by atoms with van der Waals surface area (Å²) in [5, 5.41) is 8.73. The second-order valence-electron chi connectivity index (χ2n) is 3.18. The first-order valence-electron chi connectivity index (χ1n) is 3.77. The predicted molar refractivity (Wildman–Crippen MR) is 53.7 cm³/mol. The number of rotatable bonds is 5. The monoisotopic (exact) mass is 315 g/mol. The van der Waals surface area contributed by atoms with Crippen LogP contribution in [0, 0.1) is 0 Å². The number of nitrogens with two attached hydrogens (primary N) is 1. The van der Waals surface area contributed by atoms with Crippen LogP contribution in [0.1, 0.15) is 6.42 Å². The molecule has 0 rings (SSSR count). The third kappa shape index (κ3) is 3.23. The molecule has 0 bridgehead atoms. The van der Waals surface area contributed by atoms with Gasteiger partial charge in [-0.1, -0.05) is 0 Å². The Bertz CT molecular complexity index is 357. The molecule has 9 N–H and O–H groups in total. The fourth-order valence-corrected chi connectivity index (χ4v) is 6.49. The van der Waals surface area contributed by atoms with Gasteiger partial charge in [0, 0.05) is 6.42 Å². The molecule has 0 aliphatic heterocycles. The van der Waals surface area contributed by atoms with Crippen LogP contribution in [0.5, 0.6) is 0 Å². The summed E-state index contributed by atoms with van der Waals surface area (Å²) in [5.41, 5.74) is 4.69. The summed E-state index contributed by atoms with van der Waals surface area (Å²) in [6.45, 7) is 0. The zero-order valence-electron chi connectivity index (χ0n) is 8.06. The van der Waals surface area contributed by atoms with Crippen LogP contribution < -0.4 is 5.73 Å². The van der Waals surface area contributed by atoms with Crippen LogP contribution in [0.4, 0.5) is 0 Å². The van der Waals surface area contributed by atoms with E-state index in [4.69, 9.17) is 40.2 Å². The van der Waals surface area contributed by atoms with E-state index in [-0.39, 0.29) is 0 Å². The Labute approximate surface area is 94.8 Å². The molecule has 0 aliphatic carbocycles. The highest BCUT2D eigenvalue weighted by molar-refractivity contribution is 7.88. The minimum atomic E-state index is -5.97. The molecule has 0 radical (unpaired) electrons. The molecular formula is C3H12NO10P3. The molecule has 0 spiro atoms. The van der Waals surface area contributed by atoms with Crippen LogP contribution in [0.25, 0.3) is 0 Å². The van der Waals surface area contributed by atoms with Crippen molar-refractivity contribution in [3.8, 4) is 0 Å². The number of hydrogen-bond donors (Lipinski definition) is 8. The van der Waals surface area contributed by atoms with Crippen molar-refractivity contribution in [1.29, 1.82) is 0 Å². The van der Waals surface area contributed by atoms with Gasteiger partial charge in [-0.05, 0) is 0 Å². The van der Waals surface area contributed by atoms with Gasteiger partial charge in [-0.2, -0.15) is 0 Å². The quantitative estimate of drug-likeness (QED) is 0.201. The molecule has 0 heterocycles. The van der Waals surface area contributed by atoms with E-state index in [1.54, 1.807) is 0 Å². The maximum absolute atomic E-state index is 11.0. The fourth-order valence-electron chi connectivity index (χ4n) is 1.15. The molecule has 1 atom stereocenters. The topological polar surface area (TPSA) is 219 Å². The van der Waals surface area contributed by atoms with E-state index >= 15 is 0 Å². The highest BCUT2D eigenvalue weighted by atomic mass is 31.3. The lowest BCUT2D eigenvalue weighted by Crippen LogP contribution is -2.36. The molecule has 0 fully saturated rings. The second kappa shape index (κ2) is 4.80. The maximum Gasteiger partial charge on any atom is 0.356 e. The van der Waals surface area contributed by atoms with Crippen molar-refractivity contribution in [3.63, 3.8) is 0 Å². The highest BCUT2D eigenvalue weighted by Gasteiger charge is 2.71. The van der Waals surface area contributed by atoms with Gasteiger partial charge < -0.3 is 40.2 Å². The van der Waals surface area contributed by atoms with Crippen LogP contribution >= 0.6 is 22.8 Å². The van der Waals surface area contributed by atoms with Gasteiger partial charge in [0.05, 0.1) is 0 Å². The summed E-state index contributed by atoms with van der Waals surface area (Å²) >= 11 is 0. The molecule has 1 unspecified atom stereocenters. The van der Waals surface area contributed by atoms with Gasteiger partial charge in [0.15, 0.2) is 0 Å². The first-order valence-corrected chi connectivity index (χ1v) is 8.61. The van der Waals surface area contributed by atoms with Crippen molar-refractivity contribution in [1.82, 2.24) is 0 Å². The van der Waals surface area contributed by atoms with Gasteiger partial charge in [-0.3, -0.25) is 13.7 Å². The van der Waals surface area contributed by atoms with E-state index in [0.717, 1.165) is 0 Å². The van der Waals surface area contributed by atoms with Crippen LogP contribution in [0.15, 0.2) is 0 Å². The van der Waals surface area contributed by atoms with Crippen molar-refractivity contribution < 1.29 is 48.2 Å². The van der Waals surface area contributed by atoms with E-state index in [9.17, 15) is 13.7 Å². The Morgan fingerprint density at radius 3 is 1.18 bits per heavy atom. The Balaban J connectivity index is 6.24. The van der Waals surface area contributed by atoms with Crippen LogP contribution in [-0.4, -0.2) is 45.3 Å². The largest absolute Gasteiger partial charge is 0.379 e. The van der Waals surface area contributed by atoms with Gasteiger partial charge in [-0.25, -0.2) is 0 Å². The number of aliphatic hydroxyl groups excluding tert-OH is 1. The van der Waals surface area contributed by atoms with Crippen molar-refractivity contribution >= 4 is 22.8 Å². The molecule has 0 aromatic carbocycles. The second-order valence-corrected chi connectivity index (χ2v) is 9.79. The lowest BCUT2D eigenvalue weighted by molar-refractivity contribution is 0.159. The number of aliphatic hydroxyl groups is 1. The normalized spacial score (nSPS) is 16.9. The van der Waals surface area contributed by atoms with Gasteiger partial charge in [-0.15, -0.1) is 0 Å². The molecule has 0 saturated carbocycles. The molecule has 14 heteroatoms. The third-order valence-corrected chi connectivity index (χ3v) is 9.92. The summed E-state index contributed by atoms with van der Waals surface area (Å²) < 4.78 is 29.0. The lowest BCUT2D eigenvalue weighted by atomic mass is 10.4. The standard InChI is InChI=1S/C3H12NO10P3/c4-2(5)1-3(15(6,7)8,16(9,10)11)17(12,13)14/h2,5H,1,4H2,(H2,6,7,8)(H2,9,10,11)(H2,12,13,14). The van der Waals surface area contributed by atoms with E-state index in [2.05, 4.69) is 0 Å². The average Bonchev–Trinajstić information content (AvgIpc) is 1.91. The fraction of sp³-hybridized carbons (Fsp3) is 1.00. The molecule has 0 aromatic heterocycles. The minimum Gasteiger partial charge on any atom is -0.379 e. The van der Waals surface area contributed by atoms with Crippen molar-refractivity contribution in [2.75, 3.05) is 0 Å². The van der Waals surface area contributed by atoms with Crippen LogP contribution in [0.2, 0.25) is 0 Å². The van der Waals surface area contributed by atoms with Gasteiger partial charge in [0.25, 0.3) is 4.64 Å². The minimum absolute atomic E-state index is 1.66. The summed E-state index contributed by atoms with van der Waals surface area (Å²) in [6, 6.07) is 0. The van der Waals surface area contributed by atoms with Gasteiger partial charge in [0.1, 0.15) is 6.23 Å². The van der Waals surface area contributed by atoms with Crippen LogP contribution in [-0.2, 0) is 13.7 Å². The molecule has 0 amide bonds. The Morgan fingerprint density at radius 2 is 1.12 bits per heavy atom. The smallest absolute Gasteiger partial charge is 0.356 e. The van der Waals surface area contributed by atoms with E-state index in [1.807, 2.05) is 0 Å². The Morgan fingerprint density at radius 1 is 0.882 bits per heavy atom. The van der Waals surface area contributed by atoms with Crippen molar-refractivity contribution in [2.24, 2.45) is 5.73 Å². The SMILES string of the molecule is NC(O)CC(P(=O)(O)O)(P(=O)(O)O)P(=O)(O)O. The third-order valence-electron chi connectivity index (χ3n) is 1.88. The first-order chi connectivity index (χ1) is 7.17.